The number of ether oxygens (including phenoxy) is 1. The summed E-state index contributed by atoms with van der Waals surface area (Å²) < 4.78 is 5.37. The van der Waals surface area contributed by atoms with Gasteiger partial charge in [-0.3, -0.25) is 4.79 Å². The highest BCUT2D eigenvalue weighted by Crippen LogP contribution is 2.28. The Kier molecular flexibility index (Phi) is 4.78. The fourth-order valence-electron chi connectivity index (χ4n) is 1.97. The summed E-state index contributed by atoms with van der Waals surface area (Å²) in [7, 11) is 1.78. The van der Waals surface area contributed by atoms with Crippen molar-refractivity contribution in [1.82, 2.24) is 5.32 Å². The zero-order valence-corrected chi connectivity index (χ0v) is 11.0. The van der Waals surface area contributed by atoms with Gasteiger partial charge in [-0.25, -0.2) is 0 Å². The number of carbonyl (C=O) groups excluding carboxylic acids is 1. The molecule has 1 aliphatic carbocycles. The van der Waals surface area contributed by atoms with E-state index in [1.807, 2.05) is 13.8 Å². The van der Waals surface area contributed by atoms with Crippen molar-refractivity contribution in [1.29, 1.82) is 0 Å². The van der Waals surface area contributed by atoms with Crippen LogP contribution >= 0.6 is 0 Å². The second-order valence-electron chi connectivity index (χ2n) is 5.60. The van der Waals surface area contributed by atoms with Gasteiger partial charge in [-0.1, -0.05) is 19.8 Å². The second-order valence-corrected chi connectivity index (χ2v) is 5.60. The summed E-state index contributed by atoms with van der Waals surface area (Å²) >= 11 is 0. The van der Waals surface area contributed by atoms with E-state index in [2.05, 4.69) is 12.2 Å². The molecule has 0 atom stereocenters. The van der Waals surface area contributed by atoms with E-state index in [-0.39, 0.29) is 5.97 Å². The normalized spacial score (nSPS) is 26.5. The van der Waals surface area contributed by atoms with Crippen LogP contribution in [-0.2, 0) is 9.53 Å². The van der Waals surface area contributed by atoms with Gasteiger partial charge < -0.3 is 10.1 Å². The summed E-state index contributed by atoms with van der Waals surface area (Å²) in [4.78, 5) is 11.7. The summed E-state index contributed by atoms with van der Waals surface area (Å²) in [6.45, 7) is 6.58. The molecule has 0 saturated heterocycles. The molecular weight excluding hydrogens is 202 g/mol. The zero-order chi connectivity index (χ0) is 12.2. The molecule has 0 heterocycles. The van der Waals surface area contributed by atoms with Gasteiger partial charge in [0.25, 0.3) is 0 Å². The SMILES string of the molecule is CNC(C)(C)C(=O)OC[C@H]1CC[C@H](C)CC1. The first-order valence-corrected chi connectivity index (χ1v) is 6.32. The number of esters is 1. The van der Waals surface area contributed by atoms with Crippen molar-refractivity contribution in [3.05, 3.63) is 0 Å². The maximum absolute atomic E-state index is 11.7. The average Bonchev–Trinajstić information content (AvgIpc) is 2.28. The third-order valence-electron chi connectivity index (χ3n) is 3.72. The van der Waals surface area contributed by atoms with Crippen LogP contribution in [0.5, 0.6) is 0 Å². The summed E-state index contributed by atoms with van der Waals surface area (Å²) in [5.41, 5.74) is -0.568. The molecule has 0 spiro atoms. The molecule has 94 valence electrons. The molecule has 1 aliphatic rings. The minimum absolute atomic E-state index is 0.145. The fraction of sp³-hybridized carbons (Fsp3) is 0.923. The molecule has 1 rings (SSSR count). The van der Waals surface area contributed by atoms with Gasteiger partial charge >= 0.3 is 5.97 Å². The van der Waals surface area contributed by atoms with E-state index in [0.29, 0.717) is 12.5 Å². The van der Waals surface area contributed by atoms with Crippen LogP contribution in [0.1, 0.15) is 46.5 Å². The van der Waals surface area contributed by atoms with Crippen molar-refractivity contribution in [2.45, 2.75) is 52.0 Å². The lowest BCUT2D eigenvalue weighted by molar-refractivity contribution is -0.151. The summed E-state index contributed by atoms with van der Waals surface area (Å²) in [6, 6.07) is 0. The Labute approximate surface area is 98.9 Å². The molecular formula is C13H25NO2. The number of rotatable bonds is 4. The van der Waals surface area contributed by atoms with Crippen LogP contribution in [0, 0.1) is 11.8 Å². The van der Waals surface area contributed by atoms with Gasteiger partial charge in [0.05, 0.1) is 6.61 Å². The molecule has 0 aromatic carbocycles. The van der Waals surface area contributed by atoms with Crippen LogP contribution < -0.4 is 5.32 Å². The smallest absolute Gasteiger partial charge is 0.325 e. The molecule has 3 nitrogen and oxygen atoms in total. The van der Waals surface area contributed by atoms with Crippen LogP contribution in [0.2, 0.25) is 0 Å². The van der Waals surface area contributed by atoms with Gasteiger partial charge in [-0.2, -0.15) is 0 Å². The van der Waals surface area contributed by atoms with E-state index in [0.717, 1.165) is 5.92 Å². The standard InChI is InChI=1S/C13H25NO2/c1-10-5-7-11(8-6-10)9-16-12(15)13(2,3)14-4/h10-11,14H,5-9H2,1-4H3/t10-,11-. The summed E-state index contributed by atoms with van der Waals surface area (Å²) in [6.07, 6.45) is 4.96. The Hall–Kier alpha value is -0.570. The van der Waals surface area contributed by atoms with Gasteiger partial charge in [-0.05, 0) is 45.6 Å². The third kappa shape index (κ3) is 3.78. The predicted octanol–water partition coefficient (Wildman–Crippen LogP) is 2.35. The third-order valence-corrected chi connectivity index (χ3v) is 3.72. The molecule has 16 heavy (non-hydrogen) atoms. The number of hydrogen-bond acceptors (Lipinski definition) is 3. The fourth-order valence-corrected chi connectivity index (χ4v) is 1.97. The van der Waals surface area contributed by atoms with E-state index in [1.165, 1.54) is 25.7 Å². The Bertz CT molecular complexity index is 230. The lowest BCUT2D eigenvalue weighted by Crippen LogP contribution is -2.46. The summed E-state index contributed by atoms with van der Waals surface area (Å²) in [5.74, 6) is 1.28. The molecule has 1 saturated carbocycles. The Balaban J connectivity index is 2.27. The molecule has 0 radical (unpaired) electrons. The van der Waals surface area contributed by atoms with Crippen LogP contribution in [0.4, 0.5) is 0 Å². The highest BCUT2D eigenvalue weighted by Gasteiger charge is 2.28. The first kappa shape index (κ1) is 13.5. The average molecular weight is 227 g/mol. The monoisotopic (exact) mass is 227 g/mol. The zero-order valence-electron chi connectivity index (χ0n) is 11.0. The number of hydrogen-bond donors (Lipinski definition) is 1. The van der Waals surface area contributed by atoms with Crippen LogP contribution in [-0.4, -0.2) is 25.2 Å². The van der Waals surface area contributed by atoms with Gasteiger partial charge in [0.1, 0.15) is 5.54 Å². The number of likely N-dealkylation sites (N-methyl/N-ethyl adjacent to an activating group) is 1. The van der Waals surface area contributed by atoms with E-state index in [1.54, 1.807) is 7.05 Å². The second kappa shape index (κ2) is 5.67. The molecule has 0 bridgehead atoms. The van der Waals surface area contributed by atoms with Crippen molar-refractivity contribution in [3.63, 3.8) is 0 Å². The molecule has 0 aliphatic heterocycles. The van der Waals surface area contributed by atoms with E-state index >= 15 is 0 Å². The van der Waals surface area contributed by atoms with Crippen LogP contribution in [0.25, 0.3) is 0 Å². The Morgan fingerprint density at radius 3 is 2.38 bits per heavy atom. The number of carbonyl (C=O) groups is 1. The molecule has 0 unspecified atom stereocenters. The quantitative estimate of drug-likeness (QED) is 0.749. The van der Waals surface area contributed by atoms with Crippen LogP contribution in [0.15, 0.2) is 0 Å². The van der Waals surface area contributed by atoms with E-state index in [9.17, 15) is 4.79 Å². The van der Waals surface area contributed by atoms with E-state index in [4.69, 9.17) is 4.74 Å². The highest BCUT2D eigenvalue weighted by molar-refractivity contribution is 5.79. The van der Waals surface area contributed by atoms with Crippen molar-refractivity contribution in [3.8, 4) is 0 Å². The Morgan fingerprint density at radius 1 is 1.31 bits per heavy atom. The van der Waals surface area contributed by atoms with Crippen molar-refractivity contribution in [2.75, 3.05) is 13.7 Å². The molecule has 1 fully saturated rings. The Morgan fingerprint density at radius 2 is 1.88 bits per heavy atom. The van der Waals surface area contributed by atoms with Gasteiger partial charge in [0.2, 0.25) is 0 Å². The highest BCUT2D eigenvalue weighted by atomic mass is 16.5. The summed E-state index contributed by atoms with van der Waals surface area (Å²) in [5, 5.41) is 2.96. The predicted molar refractivity (Wildman–Crippen MR) is 65.2 cm³/mol. The van der Waals surface area contributed by atoms with Gasteiger partial charge in [0, 0.05) is 0 Å². The minimum Gasteiger partial charge on any atom is -0.464 e. The van der Waals surface area contributed by atoms with Gasteiger partial charge in [-0.15, -0.1) is 0 Å². The van der Waals surface area contributed by atoms with Crippen molar-refractivity contribution in [2.24, 2.45) is 11.8 Å². The first-order valence-electron chi connectivity index (χ1n) is 6.32. The lowest BCUT2D eigenvalue weighted by Gasteiger charge is -2.27. The molecule has 0 aromatic heterocycles. The van der Waals surface area contributed by atoms with Crippen LogP contribution in [0.3, 0.4) is 0 Å². The minimum atomic E-state index is -0.568. The first-order chi connectivity index (χ1) is 7.45. The lowest BCUT2D eigenvalue weighted by atomic mass is 9.83. The van der Waals surface area contributed by atoms with Crippen molar-refractivity contribution < 1.29 is 9.53 Å². The van der Waals surface area contributed by atoms with Gasteiger partial charge in [0.15, 0.2) is 0 Å². The molecule has 3 heteroatoms. The number of nitrogens with one attached hydrogen (secondary N) is 1. The molecule has 0 amide bonds. The maximum Gasteiger partial charge on any atom is 0.325 e. The van der Waals surface area contributed by atoms with Crippen molar-refractivity contribution >= 4 is 5.97 Å². The van der Waals surface area contributed by atoms with E-state index < -0.39 is 5.54 Å². The topological polar surface area (TPSA) is 38.3 Å². The maximum atomic E-state index is 11.7. The molecule has 1 N–H and O–H groups in total. The molecule has 0 aromatic rings. The largest absolute Gasteiger partial charge is 0.464 e.